The number of hydrogen-bond donors (Lipinski definition) is 2. The van der Waals surface area contributed by atoms with E-state index in [-0.39, 0.29) is 41.6 Å². The lowest BCUT2D eigenvalue weighted by atomic mass is 9.99. The maximum atomic E-state index is 12.9. The minimum atomic E-state index is -3.71. The smallest absolute Gasteiger partial charge is 0.253 e. The lowest BCUT2D eigenvalue weighted by molar-refractivity contribution is -0.126. The zero-order valence-corrected chi connectivity index (χ0v) is 17.2. The van der Waals surface area contributed by atoms with Gasteiger partial charge in [-0.05, 0) is 37.1 Å². The molecule has 1 atom stereocenters. The average Bonchev–Trinajstić information content (AvgIpc) is 2.65. The number of halogens is 1. The molecule has 0 bridgehead atoms. The SMILES string of the molecule is CN(C)C(=O)c1ccc(S(=O)(=O)N2CCCC(C(=O)NCCN)C2)cc1.Cl. The van der Waals surface area contributed by atoms with Crippen molar-refractivity contribution in [1.82, 2.24) is 14.5 Å². The van der Waals surface area contributed by atoms with Crippen LogP contribution in [-0.2, 0) is 14.8 Å². The third kappa shape index (κ3) is 5.65. The average molecular weight is 419 g/mol. The number of nitrogens with one attached hydrogen (secondary N) is 1. The molecule has 1 aromatic carbocycles. The van der Waals surface area contributed by atoms with Gasteiger partial charge in [-0.2, -0.15) is 4.31 Å². The second-order valence-corrected chi connectivity index (χ2v) is 8.44. The quantitative estimate of drug-likeness (QED) is 0.689. The molecular weight excluding hydrogens is 392 g/mol. The van der Waals surface area contributed by atoms with Crippen LogP contribution in [-0.4, -0.2) is 69.7 Å². The topological polar surface area (TPSA) is 113 Å². The maximum Gasteiger partial charge on any atom is 0.253 e. The van der Waals surface area contributed by atoms with E-state index in [1.165, 1.54) is 33.5 Å². The number of amides is 2. The number of nitrogens with zero attached hydrogens (tertiary/aromatic N) is 2. The molecule has 8 nitrogen and oxygen atoms in total. The Hall–Kier alpha value is -1.68. The molecule has 0 aromatic heterocycles. The molecule has 10 heteroatoms. The zero-order chi connectivity index (χ0) is 19.3. The summed E-state index contributed by atoms with van der Waals surface area (Å²) in [5.74, 6) is -0.731. The zero-order valence-electron chi connectivity index (χ0n) is 15.6. The van der Waals surface area contributed by atoms with Crippen molar-refractivity contribution in [3.05, 3.63) is 29.8 Å². The molecular formula is C17H27ClN4O4S. The number of carbonyl (C=O) groups is 2. The highest BCUT2D eigenvalue weighted by atomic mass is 35.5. The van der Waals surface area contributed by atoms with Crippen LogP contribution >= 0.6 is 12.4 Å². The van der Waals surface area contributed by atoms with Crippen LogP contribution in [0.15, 0.2) is 29.2 Å². The van der Waals surface area contributed by atoms with E-state index in [1.54, 1.807) is 14.1 Å². The first kappa shape index (κ1) is 23.4. The predicted molar refractivity (Wildman–Crippen MR) is 105 cm³/mol. The van der Waals surface area contributed by atoms with Crippen molar-refractivity contribution >= 4 is 34.2 Å². The first-order chi connectivity index (χ1) is 12.3. The van der Waals surface area contributed by atoms with E-state index < -0.39 is 10.0 Å². The first-order valence-electron chi connectivity index (χ1n) is 8.57. The highest BCUT2D eigenvalue weighted by molar-refractivity contribution is 7.89. The Balaban J connectivity index is 0.00000364. The van der Waals surface area contributed by atoms with E-state index in [4.69, 9.17) is 5.73 Å². The Bertz CT molecular complexity index is 753. The fraction of sp³-hybridized carbons (Fsp3) is 0.529. The van der Waals surface area contributed by atoms with Crippen LogP contribution in [0.4, 0.5) is 0 Å². The first-order valence-corrected chi connectivity index (χ1v) is 10.0. The van der Waals surface area contributed by atoms with Gasteiger partial charge < -0.3 is 16.0 Å². The molecule has 152 valence electrons. The van der Waals surface area contributed by atoms with Crippen molar-refractivity contribution in [2.75, 3.05) is 40.3 Å². The Morgan fingerprint density at radius 2 is 1.89 bits per heavy atom. The largest absolute Gasteiger partial charge is 0.355 e. The Kier molecular flexibility index (Phi) is 8.67. The number of sulfonamides is 1. The monoisotopic (exact) mass is 418 g/mol. The molecule has 0 aliphatic carbocycles. The summed E-state index contributed by atoms with van der Waals surface area (Å²) in [6, 6.07) is 5.88. The highest BCUT2D eigenvalue weighted by Crippen LogP contribution is 2.24. The molecule has 1 heterocycles. The van der Waals surface area contributed by atoms with Crippen LogP contribution in [0.3, 0.4) is 0 Å². The molecule has 0 saturated carbocycles. The molecule has 0 spiro atoms. The van der Waals surface area contributed by atoms with Gasteiger partial charge in [0.05, 0.1) is 10.8 Å². The van der Waals surface area contributed by atoms with Crippen molar-refractivity contribution in [3.8, 4) is 0 Å². The molecule has 1 aliphatic heterocycles. The molecule has 1 fully saturated rings. The molecule has 1 unspecified atom stereocenters. The van der Waals surface area contributed by atoms with Crippen LogP contribution in [0.25, 0.3) is 0 Å². The number of carbonyl (C=O) groups excluding carboxylic acids is 2. The number of hydrogen-bond acceptors (Lipinski definition) is 5. The Labute approximate surface area is 166 Å². The van der Waals surface area contributed by atoms with E-state index >= 15 is 0 Å². The van der Waals surface area contributed by atoms with E-state index in [0.717, 1.165) is 0 Å². The molecule has 2 amide bonds. The van der Waals surface area contributed by atoms with E-state index in [0.29, 0.717) is 38.0 Å². The molecule has 2 rings (SSSR count). The van der Waals surface area contributed by atoms with Gasteiger partial charge in [0.15, 0.2) is 0 Å². The van der Waals surface area contributed by atoms with Crippen molar-refractivity contribution < 1.29 is 18.0 Å². The number of rotatable bonds is 6. The number of nitrogens with two attached hydrogens (primary N) is 1. The second kappa shape index (κ2) is 10.0. The maximum absolute atomic E-state index is 12.9. The fourth-order valence-electron chi connectivity index (χ4n) is 2.89. The van der Waals surface area contributed by atoms with Gasteiger partial charge in [-0.15, -0.1) is 12.4 Å². The van der Waals surface area contributed by atoms with Gasteiger partial charge in [-0.1, -0.05) is 0 Å². The lowest BCUT2D eigenvalue weighted by Crippen LogP contribution is -2.46. The summed E-state index contributed by atoms with van der Waals surface area (Å²) in [4.78, 5) is 25.6. The van der Waals surface area contributed by atoms with Gasteiger partial charge >= 0.3 is 0 Å². The number of benzene rings is 1. The van der Waals surface area contributed by atoms with Crippen LogP contribution in [0.5, 0.6) is 0 Å². The molecule has 1 saturated heterocycles. The standard InChI is InChI=1S/C17H26N4O4S.ClH/c1-20(2)17(23)13-5-7-15(8-6-13)26(24,25)21-11-3-4-14(12-21)16(22)19-10-9-18;/h5-8,14H,3-4,9-12,18H2,1-2H3,(H,19,22);1H. The second-order valence-electron chi connectivity index (χ2n) is 6.51. The molecule has 0 radical (unpaired) electrons. The third-order valence-corrected chi connectivity index (χ3v) is 6.22. The third-order valence-electron chi connectivity index (χ3n) is 4.34. The lowest BCUT2D eigenvalue weighted by Gasteiger charge is -2.31. The summed E-state index contributed by atoms with van der Waals surface area (Å²) < 4.78 is 27.1. The van der Waals surface area contributed by atoms with E-state index in [9.17, 15) is 18.0 Å². The van der Waals surface area contributed by atoms with Gasteiger partial charge in [0.1, 0.15) is 0 Å². The minimum absolute atomic E-state index is 0. The highest BCUT2D eigenvalue weighted by Gasteiger charge is 2.33. The Morgan fingerprint density at radius 3 is 2.44 bits per heavy atom. The summed E-state index contributed by atoms with van der Waals surface area (Å²) in [7, 11) is -0.437. The molecule has 27 heavy (non-hydrogen) atoms. The van der Waals surface area contributed by atoms with Crippen molar-refractivity contribution in [2.45, 2.75) is 17.7 Å². The molecule has 3 N–H and O–H groups in total. The van der Waals surface area contributed by atoms with Gasteiger partial charge in [0, 0.05) is 45.8 Å². The van der Waals surface area contributed by atoms with E-state index in [1.807, 2.05) is 0 Å². The minimum Gasteiger partial charge on any atom is -0.355 e. The van der Waals surface area contributed by atoms with Crippen LogP contribution in [0, 0.1) is 5.92 Å². The molecule has 1 aliphatic rings. The van der Waals surface area contributed by atoms with Gasteiger partial charge in [0.25, 0.3) is 5.91 Å². The van der Waals surface area contributed by atoms with Gasteiger partial charge in [-0.3, -0.25) is 9.59 Å². The van der Waals surface area contributed by atoms with E-state index in [2.05, 4.69) is 5.32 Å². The summed E-state index contributed by atoms with van der Waals surface area (Å²) >= 11 is 0. The Morgan fingerprint density at radius 1 is 1.26 bits per heavy atom. The van der Waals surface area contributed by atoms with Crippen LogP contribution < -0.4 is 11.1 Å². The normalized spacial score (nSPS) is 17.7. The summed E-state index contributed by atoms with van der Waals surface area (Å²) in [6.07, 6.45) is 1.27. The van der Waals surface area contributed by atoms with Gasteiger partial charge in [-0.25, -0.2) is 8.42 Å². The summed E-state index contributed by atoms with van der Waals surface area (Å²) in [5, 5.41) is 2.72. The molecule has 1 aromatic rings. The predicted octanol–water partition coefficient (Wildman–Crippen LogP) is 0.286. The summed E-state index contributed by atoms with van der Waals surface area (Å²) in [5.41, 5.74) is 5.81. The number of piperidine rings is 1. The van der Waals surface area contributed by atoms with Crippen molar-refractivity contribution in [3.63, 3.8) is 0 Å². The van der Waals surface area contributed by atoms with Crippen molar-refractivity contribution in [2.24, 2.45) is 11.7 Å². The summed E-state index contributed by atoms with van der Waals surface area (Å²) in [6.45, 7) is 1.25. The van der Waals surface area contributed by atoms with Crippen LogP contribution in [0.2, 0.25) is 0 Å². The fourth-order valence-corrected chi connectivity index (χ4v) is 4.42. The van der Waals surface area contributed by atoms with Crippen LogP contribution in [0.1, 0.15) is 23.2 Å². The van der Waals surface area contributed by atoms with Gasteiger partial charge in [0.2, 0.25) is 15.9 Å². The van der Waals surface area contributed by atoms with Crippen molar-refractivity contribution in [1.29, 1.82) is 0 Å².